The van der Waals surface area contributed by atoms with Crippen LogP contribution in [0.4, 0.5) is 0 Å². The monoisotopic (exact) mass is 385 g/mol. The first kappa shape index (κ1) is 24.5. The third kappa shape index (κ3) is 13.4. The van der Waals surface area contributed by atoms with E-state index in [2.05, 4.69) is 15.3 Å². The van der Waals surface area contributed by atoms with Crippen LogP contribution in [-0.4, -0.2) is 48.0 Å². The number of guanidine groups is 2. The Kier molecular flexibility index (Phi) is 10.9. The van der Waals surface area contributed by atoms with Gasteiger partial charge >= 0.3 is 5.97 Å². The third-order valence-corrected chi connectivity index (χ3v) is 3.79. The van der Waals surface area contributed by atoms with Gasteiger partial charge in [-0.2, -0.15) is 0 Å². The SMILES string of the molecule is CC(C)(C)C[C@H](CCCN=C(N)N)C(=O)N[C@H](CCCN=C(N)N)C(=O)O. The smallest absolute Gasteiger partial charge is 0.326 e. The van der Waals surface area contributed by atoms with Crippen LogP contribution in [0.2, 0.25) is 0 Å². The van der Waals surface area contributed by atoms with Crippen LogP contribution in [0, 0.1) is 11.3 Å². The Morgan fingerprint density at radius 3 is 1.85 bits per heavy atom. The Hall–Kier alpha value is -2.52. The normalized spacial score (nSPS) is 13.3. The molecule has 0 spiro atoms. The maximum Gasteiger partial charge on any atom is 0.326 e. The summed E-state index contributed by atoms with van der Waals surface area (Å²) in [6.07, 6.45) is 2.52. The van der Waals surface area contributed by atoms with Crippen molar-refractivity contribution in [1.82, 2.24) is 5.32 Å². The van der Waals surface area contributed by atoms with Crippen molar-refractivity contribution in [3.05, 3.63) is 0 Å². The number of nitrogens with two attached hydrogens (primary N) is 4. The molecule has 0 radical (unpaired) electrons. The summed E-state index contributed by atoms with van der Waals surface area (Å²) in [5.74, 6) is -1.71. The van der Waals surface area contributed by atoms with Crippen molar-refractivity contribution < 1.29 is 14.7 Å². The lowest BCUT2D eigenvalue weighted by Crippen LogP contribution is -2.44. The zero-order chi connectivity index (χ0) is 21.0. The van der Waals surface area contributed by atoms with Crippen LogP contribution in [0.5, 0.6) is 0 Å². The molecule has 0 saturated heterocycles. The van der Waals surface area contributed by atoms with Gasteiger partial charge in [-0.15, -0.1) is 0 Å². The number of hydrogen-bond donors (Lipinski definition) is 6. The lowest BCUT2D eigenvalue weighted by Gasteiger charge is -2.26. The summed E-state index contributed by atoms with van der Waals surface area (Å²) in [5, 5.41) is 12.0. The van der Waals surface area contributed by atoms with Gasteiger partial charge in [0.15, 0.2) is 11.9 Å². The Bertz CT molecular complexity index is 533. The van der Waals surface area contributed by atoms with E-state index in [1.54, 1.807) is 0 Å². The molecule has 10 nitrogen and oxygen atoms in total. The average Bonchev–Trinajstić information content (AvgIpc) is 2.51. The van der Waals surface area contributed by atoms with Crippen molar-refractivity contribution >= 4 is 23.8 Å². The van der Waals surface area contributed by atoms with Crippen molar-refractivity contribution in [2.75, 3.05) is 13.1 Å². The maximum atomic E-state index is 12.7. The van der Waals surface area contributed by atoms with Gasteiger partial charge < -0.3 is 33.4 Å². The highest BCUT2D eigenvalue weighted by molar-refractivity contribution is 5.85. The van der Waals surface area contributed by atoms with E-state index in [9.17, 15) is 14.7 Å². The lowest BCUT2D eigenvalue weighted by molar-refractivity contribution is -0.142. The van der Waals surface area contributed by atoms with Crippen LogP contribution in [0.3, 0.4) is 0 Å². The van der Waals surface area contributed by atoms with Crippen LogP contribution >= 0.6 is 0 Å². The summed E-state index contributed by atoms with van der Waals surface area (Å²) in [6, 6.07) is -0.980. The highest BCUT2D eigenvalue weighted by atomic mass is 16.4. The molecule has 1 amide bonds. The van der Waals surface area contributed by atoms with E-state index in [1.807, 2.05) is 20.8 Å². The molecule has 27 heavy (non-hydrogen) atoms. The molecule has 10 heteroatoms. The van der Waals surface area contributed by atoms with Crippen LogP contribution in [0.15, 0.2) is 9.98 Å². The molecule has 0 heterocycles. The van der Waals surface area contributed by atoms with Crippen molar-refractivity contribution in [1.29, 1.82) is 0 Å². The molecule has 0 fully saturated rings. The average molecular weight is 386 g/mol. The minimum Gasteiger partial charge on any atom is -0.480 e. The molecule has 0 aliphatic carbocycles. The molecule has 0 aliphatic rings. The van der Waals surface area contributed by atoms with Crippen molar-refractivity contribution in [2.24, 2.45) is 44.3 Å². The molecule has 0 aromatic rings. The molecule has 0 saturated carbocycles. The van der Waals surface area contributed by atoms with Gasteiger partial charge in [-0.05, 0) is 37.5 Å². The summed E-state index contributed by atoms with van der Waals surface area (Å²) >= 11 is 0. The van der Waals surface area contributed by atoms with Gasteiger partial charge in [-0.1, -0.05) is 20.8 Å². The van der Waals surface area contributed by atoms with Crippen molar-refractivity contribution in [3.63, 3.8) is 0 Å². The molecular weight excluding hydrogens is 350 g/mol. The van der Waals surface area contributed by atoms with Crippen molar-refractivity contribution in [2.45, 2.75) is 58.9 Å². The van der Waals surface area contributed by atoms with E-state index in [0.717, 1.165) is 0 Å². The Balaban J connectivity index is 4.85. The molecular formula is C17H35N7O3. The fourth-order valence-corrected chi connectivity index (χ4v) is 2.66. The van der Waals surface area contributed by atoms with E-state index in [-0.39, 0.29) is 35.6 Å². The number of rotatable bonds is 12. The molecule has 156 valence electrons. The van der Waals surface area contributed by atoms with E-state index >= 15 is 0 Å². The van der Waals surface area contributed by atoms with Crippen molar-refractivity contribution in [3.8, 4) is 0 Å². The van der Waals surface area contributed by atoms with Gasteiger partial charge in [-0.3, -0.25) is 14.8 Å². The second-order valence-electron chi connectivity index (χ2n) is 7.76. The second-order valence-corrected chi connectivity index (χ2v) is 7.76. The summed E-state index contributed by atoms with van der Waals surface area (Å²) in [5.41, 5.74) is 21.0. The number of carboxylic acid groups (broad SMARTS) is 1. The highest BCUT2D eigenvalue weighted by Gasteiger charge is 2.28. The summed E-state index contributed by atoms with van der Waals surface area (Å²) < 4.78 is 0. The fourth-order valence-electron chi connectivity index (χ4n) is 2.66. The number of carbonyl (C=O) groups excluding carboxylic acids is 1. The highest BCUT2D eigenvalue weighted by Crippen LogP contribution is 2.27. The minimum absolute atomic E-state index is 0.0125. The number of aliphatic carboxylic acids is 1. The molecule has 0 aromatic heterocycles. The van der Waals surface area contributed by atoms with Gasteiger partial charge in [-0.25, -0.2) is 4.79 Å². The molecule has 0 unspecified atom stereocenters. The Morgan fingerprint density at radius 2 is 1.44 bits per heavy atom. The zero-order valence-corrected chi connectivity index (χ0v) is 16.6. The van der Waals surface area contributed by atoms with E-state index in [1.165, 1.54) is 0 Å². The zero-order valence-electron chi connectivity index (χ0n) is 16.6. The first-order valence-electron chi connectivity index (χ1n) is 9.06. The molecule has 2 atom stereocenters. The van der Waals surface area contributed by atoms with Gasteiger partial charge in [0.2, 0.25) is 5.91 Å². The third-order valence-electron chi connectivity index (χ3n) is 3.79. The first-order valence-corrected chi connectivity index (χ1v) is 9.06. The van der Waals surface area contributed by atoms with E-state index < -0.39 is 12.0 Å². The fraction of sp³-hybridized carbons (Fsp3) is 0.765. The summed E-state index contributed by atoms with van der Waals surface area (Å²) in [4.78, 5) is 31.9. The number of aliphatic imine (C=N–C) groups is 2. The van der Waals surface area contributed by atoms with E-state index in [0.29, 0.717) is 38.8 Å². The molecule has 0 rings (SSSR count). The van der Waals surface area contributed by atoms with Crippen LogP contribution in [0.25, 0.3) is 0 Å². The quantitative estimate of drug-likeness (QED) is 0.151. The number of nitrogens with one attached hydrogen (secondary N) is 1. The topological polar surface area (TPSA) is 195 Å². The molecule has 0 bridgehead atoms. The minimum atomic E-state index is -1.08. The summed E-state index contributed by atoms with van der Waals surface area (Å²) in [6.45, 7) is 6.84. The molecule has 10 N–H and O–H groups in total. The lowest BCUT2D eigenvalue weighted by atomic mass is 9.82. The largest absolute Gasteiger partial charge is 0.480 e. The molecule has 0 aliphatic heterocycles. The number of amides is 1. The number of carboxylic acids is 1. The van der Waals surface area contributed by atoms with Gasteiger partial charge in [0, 0.05) is 19.0 Å². The predicted octanol–water partition coefficient (Wildman–Crippen LogP) is -0.285. The first-order chi connectivity index (χ1) is 12.4. The standard InChI is InChI=1S/C17H35N7O3/c1-17(2,3)10-11(6-4-8-22-15(18)19)13(25)24-12(14(26)27)7-5-9-23-16(20)21/h11-12H,4-10H2,1-3H3,(H,24,25)(H,26,27)(H4,18,19,22)(H4,20,21,23)/t11-,12+/m0/s1. The van der Waals surface area contributed by atoms with Gasteiger partial charge in [0.05, 0.1) is 0 Å². The number of carbonyl (C=O) groups is 2. The second kappa shape index (κ2) is 12.0. The molecule has 0 aromatic carbocycles. The Morgan fingerprint density at radius 1 is 0.963 bits per heavy atom. The van der Waals surface area contributed by atoms with E-state index in [4.69, 9.17) is 22.9 Å². The van der Waals surface area contributed by atoms with Gasteiger partial charge in [0.25, 0.3) is 0 Å². The summed E-state index contributed by atoms with van der Waals surface area (Å²) in [7, 11) is 0. The van der Waals surface area contributed by atoms with Crippen LogP contribution in [-0.2, 0) is 9.59 Å². The maximum absolute atomic E-state index is 12.7. The number of hydrogen-bond acceptors (Lipinski definition) is 4. The Labute approximate surface area is 160 Å². The van der Waals surface area contributed by atoms with Crippen LogP contribution in [0.1, 0.15) is 52.9 Å². The number of nitrogens with zero attached hydrogens (tertiary/aromatic N) is 2. The van der Waals surface area contributed by atoms with Crippen LogP contribution < -0.4 is 28.3 Å². The van der Waals surface area contributed by atoms with Gasteiger partial charge in [0.1, 0.15) is 6.04 Å². The predicted molar refractivity (Wildman–Crippen MR) is 107 cm³/mol.